The van der Waals surface area contributed by atoms with Gasteiger partial charge >= 0.3 is 0 Å². The summed E-state index contributed by atoms with van der Waals surface area (Å²) in [4.78, 5) is 27.0. The van der Waals surface area contributed by atoms with Crippen molar-refractivity contribution in [2.75, 3.05) is 18.4 Å². The summed E-state index contributed by atoms with van der Waals surface area (Å²) >= 11 is 0. The van der Waals surface area contributed by atoms with Crippen LogP contribution in [0, 0.1) is 12.7 Å². The first-order valence-electron chi connectivity index (χ1n) is 9.09. The lowest BCUT2D eigenvalue weighted by Gasteiger charge is -2.39. The van der Waals surface area contributed by atoms with Crippen LogP contribution in [-0.4, -0.2) is 44.9 Å². The van der Waals surface area contributed by atoms with E-state index in [-0.39, 0.29) is 23.7 Å². The van der Waals surface area contributed by atoms with Gasteiger partial charge in [0.1, 0.15) is 17.4 Å². The number of hydrogen-bond donors (Lipinski definition) is 1. The molecule has 0 unspecified atom stereocenters. The number of piperidine rings is 1. The number of hydrogen-bond acceptors (Lipinski definition) is 6. The number of rotatable bonds is 4. The fourth-order valence-corrected chi connectivity index (χ4v) is 3.62. The van der Waals surface area contributed by atoms with Crippen molar-refractivity contribution in [2.24, 2.45) is 0 Å². The van der Waals surface area contributed by atoms with Gasteiger partial charge in [0, 0.05) is 31.4 Å². The van der Waals surface area contributed by atoms with E-state index in [0.717, 1.165) is 12.0 Å². The lowest BCUT2D eigenvalue weighted by Crippen LogP contribution is -2.49. The first kappa shape index (κ1) is 18.1. The van der Waals surface area contributed by atoms with Crippen LogP contribution in [0.3, 0.4) is 0 Å². The third-order valence-corrected chi connectivity index (χ3v) is 5.04. The molecular weight excluding hydrogens is 361 g/mol. The fraction of sp³-hybridized carbons (Fsp3) is 0.300. The van der Waals surface area contributed by atoms with Crippen molar-refractivity contribution >= 4 is 11.7 Å². The molecule has 4 rings (SSSR count). The zero-order chi connectivity index (χ0) is 19.5. The largest absolute Gasteiger partial charge is 0.448 e. The molecule has 1 aliphatic rings. The lowest BCUT2D eigenvalue weighted by atomic mass is 9.85. The number of oxazole rings is 1. The van der Waals surface area contributed by atoms with Crippen LogP contribution in [0.25, 0.3) is 0 Å². The van der Waals surface area contributed by atoms with Gasteiger partial charge in [-0.3, -0.25) is 9.78 Å². The average Bonchev–Trinajstić information content (AvgIpc) is 3.15. The van der Waals surface area contributed by atoms with Crippen LogP contribution in [0.4, 0.5) is 10.2 Å². The van der Waals surface area contributed by atoms with Gasteiger partial charge in [0.2, 0.25) is 0 Å². The standard InChI is InChI=1S/C20H20FN5O2/c1-13-19(24-12-28-13)20(27)26-9-6-16(14-2-4-15(21)5-3-14)17(11-26)25-18-10-22-7-8-23-18/h2-5,7-8,10,12,16-17H,6,9,11H2,1H3,(H,23,25)/t16-,17+/m1/s1. The normalized spacial score (nSPS) is 19.4. The van der Waals surface area contributed by atoms with E-state index in [1.54, 1.807) is 42.5 Å². The molecule has 3 aromatic rings. The van der Waals surface area contributed by atoms with Crippen molar-refractivity contribution in [3.63, 3.8) is 0 Å². The molecule has 1 aliphatic heterocycles. The zero-order valence-electron chi connectivity index (χ0n) is 15.4. The molecule has 1 aromatic carbocycles. The molecule has 7 nitrogen and oxygen atoms in total. The summed E-state index contributed by atoms with van der Waals surface area (Å²) in [5.74, 6) is 0.812. The van der Waals surface area contributed by atoms with Gasteiger partial charge in [-0.1, -0.05) is 12.1 Å². The smallest absolute Gasteiger partial charge is 0.276 e. The van der Waals surface area contributed by atoms with Crippen molar-refractivity contribution in [1.82, 2.24) is 19.9 Å². The minimum Gasteiger partial charge on any atom is -0.448 e. The highest BCUT2D eigenvalue weighted by molar-refractivity contribution is 5.93. The van der Waals surface area contributed by atoms with E-state index in [9.17, 15) is 9.18 Å². The van der Waals surface area contributed by atoms with Gasteiger partial charge in [0.15, 0.2) is 12.1 Å². The molecule has 0 bridgehead atoms. The predicted molar refractivity (Wildman–Crippen MR) is 100 cm³/mol. The van der Waals surface area contributed by atoms with E-state index in [0.29, 0.717) is 30.4 Å². The topological polar surface area (TPSA) is 84.2 Å². The highest BCUT2D eigenvalue weighted by Gasteiger charge is 2.34. The molecule has 0 spiro atoms. The summed E-state index contributed by atoms with van der Waals surface area (Å²) in [6, 6.07) is 6.41. The first-order chi connectivity index (χ1) is 13.6. The Morgan fingerprint density at radius 3 is 2.75 bits per heavy atom. The van der Waals surface area contributed by atoms with E-state index in [1.165, 1.54) is 18.5 Å². The van der Waals surface area contributed by atoms with Crippen LogP contribution in [0.1, 0.15) is 34.2 Å². The molecule has 1 fully saturated rings. The third kappa shape index (κ3) is 3.71. The molecule has 3 heterocycles. The van der Waals surface area contributed by atoms with Gasteiger partial charge in [0.25, 0.3) is 5.91 Å². The molecule has 144 valence electrons. The highest BCUT2D eigenvalue weighted by Crippen LogP contribution is 2.31. The third-order valence-electron chi connectivity index (χ3n) is 5.04. The number of likely N-dealkylation sites (tertiary alicyclic amines) is 1. The number of amides is 1. The summed E-state index contributed by atoms with van der Waals surface area (Å²) in [6.07, 6.45) is 6.87. The minimum absolute atomic E-state index is 0.102. The van der Waals surface area contributed by atoms with E-state index in [4.69, 9.17) is 4.42 Å². The number of nitrogens with one attached hydrogen (secondary N) is 1. The Morgan fingerprint density at radius 1 is 1.25 bits per heavy atom. The number of anilines is 1. The summed E-state index contributed by atoms with van der Waals surface area (Å²) in [5, 5.41) is 3.38. The van der Waals surface area contributed by atoms with Crippen molar-refractivity contribution in [3.8, 4) is 0 Å². The number of nitrogens with zero attached hydrogens (tertiary/aromatic N) is 4. The van der Waals surface area contributed by atoms with Crippen molar-refractivity contribution in [3.05, 3.63) is 72.1 Å². The number of carbonyl (C=O) groups excluding carboxylic acids is 1. The molecule has 1 N–H and O–H groups in total. The average molecular weight is 381 g/mol. The maximum atomic E-state index is 13.4. The number of carbonyl (C=O) groups is 1. The zero-order valence-corrected chi connectivity index (χ0v) is 15.4. The van der Waals surface area contributed by atoms with Crippen LogP contribution in [-0.2, 0) is 0 Å². The maximum Gasteiger partial charge on any atom is 0.276 e. The molecule has 2 aromatic heterocycles. The molecular formula is C20H20FN5O2. The van der Waals surface area contributed by atoms with E-state index >= 15 is 0 Å². The number of aromatic nitrogens is 3. The monoisotopic (exact) mass is 381 g/mol. The second kappa shape index (κ2) is 7.75. The van der Waals surface area contributed by atoms with Gasteiger partial charge in [-0.05, 0) is 31.0 Å². The van der Waals surface area contributed by atoms with E-state index < -0.39 is 0 Å². The molecule has 1 saturated heterocycles. The van der Waals surface area contributed by atoms with Crippen molar-refractivity contribution in [2.45, 2.75) is 25.3 Å². The molecule has 1 amide bonds. The van der Waals surface area contributed by atoms with Crippen molar-refractivity contribution < 1.29 is 13.6 Å². The summed E-state index contributed by atoms with van der Waals surface area (Å²) in [6.45, 7) is 2.76. The molecule has 28 heavy (non-hydrogen) atoms. The Bertz CT molecular complexity index is 945. The van der Waals surface area contributed by atoms with Crippen LogP contribution in [0.2, 0.25) is 0 Å². The minimum atomic E-state index is -0.267. The second-order valence-electron chi connectivity index (χ2n) is 6.80. The van der Waals surface area contributed by atoms with Crippen LogP contribution in [0.15, 0.2) is 53.7 Å². The first-order valence-corrected chi connectivity index (χ1v) is 9.09. The number of benzene rings is 1. The van der Waals surface area contributed by atoms with E-state index in [2.05, 4.69) is 20.3 Å². The van der Waals surface area contributed by atoms with Gasteiger partial charge < -0.3 is 14.6 Å². The highest BCUT2D eigenvalue weighted by atomic mass is 19.1. The Labute approximate surface area is 161 Å². The van der Waals surface area contributed by atoms with Gasteiger partial charge in [-0.15, -0.1) is 0 Å². The Kier molecular flexibility index (Phi) is 5.01. The van der Waals surface area contributed by atoms with Crippen LogP contribution >= 0.6 is 0 Å². The maximum absolute atomic E-state index is 13.4. The van der Waals surface area contributed by atoms with Crippen LogP contribution in [0.5, 0.6) is 0 Å². The van der Waals surface area contributed by atoms with Gasteiger partial charge in [-0.2, -0.15) is 0 Å². The fourth-order valence-electron chi connectivity index (χ4n) is 3.62. The second-order valence-corrected chi connectivity index (χ2v) is 6.80. The van der Waals surface area contributed by atoms with Gasteiger partial charge in [0.05, 0.1) is 12.2 Å². The Morgan fingerprint density at radius 2 is 2.07 bits per heavy atom. The summed E-state index contributed by atoms with van der Waals surface area (Å²) in [7, 11) is 0. The number of aryl methyl sites for hydroxylation is 1. The van der Waals surface area contributed by atoms with Crippen molar-refractivity contribution in [1.29, 1.82) is 0 Å². The van der Waals surface area contributed by atoms with Gasteiger partial charge in [-0.25, -0.2) is 14.4 Å². The van der Waals surface area contributed by atoms with E-state index in [1.807, 2.05) is 0 Å². The quantitative estimate of drug-likeness (QED) is 0.748. The molecule has 2 atom stereocenters. The lowest BCUT2D eigenvalue weighted by molar-refractivity contribution is 0.0694. The SMILES string of the molecule is Cc1ocnc1C(=O)N1CC[C@H](c2ccc(F)cc2)[C@@H](Nc2cnccn2)C1. The molecule has 0 radical (unpaired) electrons. The van der Waals surface area contributed by atoms with Crippen LogP contribution < -0.4 is 5.32 Å². The Hall–Kier alpha value is -3.29. The molecule has 8 heteroatoms. The predicted octanol–water partition coefficient (Wildman–Crippen LogP) is 3.02. The Balaban J connectivity index is 1.59. The molecule has 0 aliphatic carbocycles. The summed E-state index contributed by atoms with van der Waals surface area (Å²) in [5.41, 5.74) is 1.35. The number of halogens is 1. The molecule has 0 saturated carbocycles. The summed E-state index contributed by atoms with van der Waals surface area (Å²) < 4.78 is 18.5.